The van der Waals surface area contributed by atoms with Crippen LogP contribution >= 0.6 is 27.7 Å². The molecule has 0 atom stereocenters. The van der Waals surface area contributed by atoms with Crippen molar-refractivity contribution >= 4 is 38.5 Å². The highest BCUT2D eigenvalue weighted by Crippen LogP contribution is 2.44. The van der Waals surface area contributed by atoms with Gasteiger partial charge in [-0.25, -0.2) is 0 Å². The molecule has 0 bridgehead atoms. The molecule has 2 aromatic carbocycles. The Labute approximate surface area is 135 Å². The fraction of sp³-hybridized carbons (Fsp3) is 0.250. The van der Waals surface area contributed by atoms with E-state index in [1.165, 1.54) is 29.2 Å². The van der Waals surface area contributed by atoms with Crippen molar-refractivity contribution in [2.24, 2.45) is 0 Å². The van der Waals surface area contributed by atoms with Crippen LogP contribution in [-0.2, 0) is 0 Å². The zero-order valence-corrected chi connectivity index (χ0v) is 14.0. The number of hydrogen-bond acceptors (Lipinski definition) is 3. The molecule has 4 rings (SSSR count). The maximum Gasteiger partial charge on any atom is 0.205 e. The van der Waals surface area contributed by atoms with Gasteiger partial charge >= 0.3 is 0 Å². The van der Waals surface area contributed by atoms with Crippen LogP contribution in [0.25, 0.3) is 16.5 Å². The molecule has 1 aliphatic carbocycles. The Bertz CT molecular complexity index is 824. The number of benzene rings is 2. The molecular weight excluding hydrogens is 346 g/mol. The summed E-state index contributed by atoms with van der Waals surface area (Å²) in [7, 11) is 0. The molecule has 0 spiro atoms. The van der Waals surface area contributed by atoms with E-state index < -0.39 is 0 Å². The third-order valence-corrected chi connectivity index (χ3v) is 5.11. The largest absolute Gasteiger partial charge is 0.264 e. The van der Waals surface area contributed by atoms with Crippen molar-refractivity contribution < 1.29 is 0 Å². The normalized spacial score (nSPS) is 14.8. The molecule has 1 aromatic heterocycles. The minimum Gasteiger partial charge on any atom is -0.264 e. The zero-order valence-electron chi connectivity index (χ0n) is 11.6. The van der Waals surface area contributed by atoms with Crippen LogP contribution in [0.3, 0.4) is 0 Å². The highest BCUT2D eigenvalue weighted by molar-refractivity contribution is 9.10. The topological polar surface area (TPSA) is 30.7 Å². The van der Waals surface area contributed by atoms with Crippen molar-refractivity contribution in [2.75, 3.05) is 6.26 Å². The second kappa shape index (κ2) is 5.14. The van der Waals surface area contributed by atoms with Gasteiger partial charge in [0.2, 0.25) is 4.73 Å². The van der Waals surface area contributed by atoms with Crippen LogP contribution in [0.15, 0.2) is 46.3 Å². The van der Waals surface area contributed by atoms with Crippen LogP contribution in [0.4, 0.5) is 0 Å². The van der Waals surface area contributed by atoms with Crippen LogP contribution in [0, 0.1) is 0 Å². The summed E-state index contributed by atoms with van der Waals surface area (Å²) in [6.45, 7) is 0. The van der Waals surface area contributed by atoms with Crippen molar-refractivity contribution in [1.29, 1.82) is 0 Å². The Kier molecular flexibility index (Phi) is 3.27. The molecule has 0 saturated heterocycles. The quantitative estimate of drug-likeness (QED) is 0.630. The average molecular weight is 360 g/mol. The summed E-state index contributed by atoms with van der Waals surface area (Å²) in [4.78, 5) is 0. The van der Waals surface area contributed by atoms with Gasteiger partial charge in [0.15, 0.2) is 5.16 Å². The summed E-state index contributed by atoms with van der Waals surface area (Å²) in [6, 6.07) is 13.1. The lowest BCUT2D eigenvalue weighted by Gasteiger charge is -2.13. The Balaban J connectivity index is 2.01. The molecule has 1 saturated carbocycles. The van der Waals surface area contributed by atoms with Crippen molar-refractivity contribution in [3.63, 3.8) is 0 Å². The smallest absolute Gasteiger partial charge is 0.205 e. The van der Waals surface area contributed by atoms with E-state index in [9.17, 15) is 0 Å². The molecule has 0 aliphatic heterocycles. The van der Waals surface area contributed by atoms with E-state index >= 15 is 0 Å². The molecule has 0 unspecified atom stereocenters. The number of aromatic nitrogens is 3. The Hall–Kier alpha value is -1.33. The van der Waals surface area contributed by atoms with E-state index in [4.69, 9.17) is 0 Å². The molecule has 21 heavy (non-hydrogen) atoms. The standard InChI is InChI=1S/C16H14BrN3S/c1-21-16-19-18-15(17)20(16)14-9-8-11(10-6-7-10)12-4-2-3-5-13(12)14/h2-5,8-10H,6-7H2,1H3. The van der Waals surface area contributed by atoms with E-state index in [1.54, 1.807) is 11.8 Å². The molecule has 0 radical (unpaired) electrons. The van der Waals surface area contributed by atoms with Gasteiger partial charge in [-0.15, -0.1) is 10.2 Å². The number of hydrogen-bond donors (Lipinski definition) is 0. The Morgan fingerprint density at radius 3 is 2.57 bits per heavy atom. The third kappa shape index (κ3) is 2.19. The lowest BCUT2D eigenvalue weighted by Crippen LogP contribution is -1.99. The summed E-state index contributed by atoms with van der Waals surface area (Å²) in [5, 5.41) is 11.9. The first-order valence-corrected chi connectivity index (χ1v) is 8.98. The van der Waals surface area contributed by atoms with Gasteiger partial charge in [0.1, 0.15) is 0 Å². The molecular formula is C16H14BrN3S. The van der Waals surface area contributed by atoms with E-state index in [0.717, 1.165) is 21.5 Å². The van der Waals surface area contributed by atoms with Gasteiger partial charge in [-0.1, -0.05) is 42.1 Å². The average Bonchev–Trinajstić information content (AvgIpc) is 3.29. The maximum atomic E-state index is 4.22. The highest BCUT2D eigenvalue weighted by atomic mass is 79.9. The number of nitrogens with zero attached hydrogens (tertiary/aromatic N) is 3. The predicted octanol–water partition coefficient (Wildman–Crippen LogP) is 4.78. The fourth-order valence-electron chi connectivity index (χ4n) is 2.84. The van der Waals surface area contributed by atoms with Crippen LogP contribution in [-0.4, -0.2) is 21.0 Å². The molecule has 106 valence electrons. The van der Waals surface area contributed by atoms with E-state index in [-0.39, 0.29) is 0 Å². The predicted molar refractivity (Wildman–Crippen MR) is 90.3 cm³/mol. The first-order chi connectivity index (χ1) is 10.3. The summed E-state index contributed by atoms with van der Waals surface area (Å²) < 4.78 is 2.82. The van der Waals surface area contributed by atoms with Gasteiger partial charge in [-0.05, 0) is 58.0 Å². The zero-order chi connectivity index (χ0) is 14.4. The van der Waals surface area contributed by atoms with Crippen molar-refractivity contribution in [1.82, 2.24) is 14.8 Å². The molecule has 3 nitrogen and oxygen atoms in total. The van der Waals surface area contributed by atoms with Crippen LogP contribution < -0.4 is 0 Å². The number of thioether (sulfide) groups is 1. The van der Waals surface area contributed by atoms with Gasteiger partial charge in [-0.2, -0.15) is 0 Å². The van der Waals surface area contributed by atoms with Gasteiger partial charge in [-0.3, -0.25) is 4.57 Å². The van der Waals surface area contributed by atoms with Gasteiger partial charge in [0, 0.05) is 5.39 Å². The van der Waals surface area contributed by atoms with Crippen molar-refractivity contribution in [3.05, 3.63) is 46.7 Å². The summed E-state index contributed by atoms with van der Waals surface area (Å²) in [5.74, 6) is 0.744. The van der Waals surface area contributed by atoms with Crippen LogP contribution in [0.5, 0.6) is 0 Å². The minimum atomic E-state index is 0.744. The monoisotopic (exact) mass is 359 g/mol. The van der Waals surface area contributed by atoms with Gasteiger partial charge in [0.25, 0.3) is 0 Å². The van der Waals surface area contributed by atoms with Gasteiger partial charge in [0.05, 0.1) is 5.69 Å². The molecule has 1 aliphatic rings. The highest BCUT2D eigenvalue weighted by Gasteiger charge is 2.26. The first-order valence-electron chi connectivity index (χ1n) is 6.96. The van der Waals surface area contributed by atoms with E-state index in [0.29, 0.717) is 0 Å². The second-order valence-corrected chi connectivity index (χ2v) is 6.77. The van der Waals surface area contributed by atoms with Crippen LogP contribution in [0.1, 0.15) is 24.3 Å². The maximum absolute atomic E-state index is 4.22. The lowest BCUT2D eigenvalue weighted by atomic mass is 9.99. The summed E-state index contributed by atoms with van der Waals surface area (Å²) in [6.07, 6.45) is 4.65. The Morgan fingerprint density at radius 1 is 1.10 bits per heavy atom. The molecule has 0 amide bonds. The fourth-order valence-corrected chi connectivity index (χ4v) is 3.88. The molecule has 5 heteroatoms. The van der Waals surface area contributed by atoms with Gasteiger partial charge < -0.3 is 0 Å². The number of fused-ring (bicyclic) bond motifs is 1. The molecule has 0 N–H and O–H groups in total. The molecule has 3 aromatic rings. The third-order valence-electron chi connectivity index (χ3n) is 3.97. The second-order valence-electron chi connectivity index (χ2n) is 5.28. The number of rotatable bonds is 3. The van der Waals surface area contributed by atoms with Crippen molar-refractivity contribution in [2.45, 2.75) is 23.9 Å². The Morgan fingerprint density at radius 2 is 1.86 bits per heavy atom. The molecule has 1 fully saturated rings. The lowest BCUT2D eigenvalue weighted by molar-refractivity contribution is 0.884. The van der Waals surface area contributed by atoms with Crippen molar-refractivity contribution in [3.8, 4) is 5.69 Å². The van der Waals surface area contributed by atoms with E-state index in [1.807, 2.05) is 6.26 Å². The minimum absolute atomic E-state index is 0.744. The summed E-state index contributed by atoms with van der Waals surface area (Å²) in [5.41, 5.74) is 2.61. The first kappa shape index (κ1) is 13.3. The number of halogens is 1. The van der Waals surface area contributed by atoms with E-state index in [2.05, 4.69) is 67.1 Å². The summed E-state index contributed by atoms with van der Waals surface area (Å²) >= 11 is 5.12. The molecule has 1 heterocycles. The SMILES string of the molecule is CSc1nnc(Br)n1-c1ccc(C2CC2)c2ccccc12. The van der Waals surface area contributed by atoms with Crippen LogP contribution in [0.2, 0.25) is 0 Å².